The summed E-state index contributed by atoms with van der Waals surface area (Å²) in [5, 5.41) is 22.8. The SMILES string of the molecule is Cc1ccc(OC[C@H](O)CSc2nnnn2-c2cc(C)ccc2C)cc1. The van der Waals surface area contributed by atoms with Crippen molar-refractivity contribution in [1.82, 2.24) is 20.2 Å². The maximum absolute atomic E-state index is 10.2. The van der Waals surface area contributed by atoms with E-state index in [2.05, 4.69) is 21.6 Å². The number of aliphatic hydroxyl groups excluding tert-OH is 1. The van der Waals surface area contributed by atoms with Gasteiger partial charge in [-0.05, 0) is 60.5 Å². The van der Waals surface area contributed by atoms with Crippen LogP contribution in [-0.2, 0) is 0 Å². The molecular weight excluding hydrogens is 348 g/mol. The van der Waals surface area contributed by atoms with E-state index in [-0.39, 0.29) is 6.61 Å². The predicted octanol–water partition coefficient (Wildman–Crippen LogP) is 3.12. The summed E-state index contributed by atoms with van der Waals surface area (Å²) in [6.07, 6.45) is -0.620. The largest absolute Gasteiger partial charge is 0.491 e. The van der Waals surface area contributed by atoms with Gasteiger partial charge in [0.25, 0.3) is 0 Å². The molecule has 1 heterocycles. The summed E-state index contributed by atoms with van der Waals surface area (Å²) < 4.78 is 7.33. The Morgan fingerprint density at radius 2 is 1.81 bits per heavy atom. The number of ether oxygens (including phenoxy) is 1. The van der Waals surface area contributed by atoms with Gasteiger partial charge in [-0.3, -0.25) is 0 Å². The van der Waals surface area contributed by atoms with Crippen LogP contribution in [0.15, 0.2) is 47.6 Å². The molecule has 1 N–H and O–H groups in total. The number of nitrogens with zero attached hydrogens (tertiary/aromatic N) is 4. The van der Waals surface area contributed by atoms with Gasteiger partial charge in [0.1, 0.15) is 12.4 Å². The second kappa shape index (κ2) is 8.33. The van der Waals surface area contributed by atoms with Crippen LogP contribution < -0.4 is 4.74 Å². The standard InChI is InChI=1S/C19H22N4O2S/c1-13-5-8-17(9-6-13)25-11-16(24)12-26-19-20-21-22-23(19)18-10-14(2)4-7-15(18)3/h4-10,16,24H,11-12H2,1-3H3/t16-/m0/s1. The second-order valence-corrected chi connectivity index (χ2v) is 7.24. The van der Waals surface area contributed by atoms with Crippen LogP contribution in [0.1, 0.15) is 16.7 Å². The smallest absolute Gasteiger partial charge is 0.214 e. The number of aryl methyl sites for hydroxylation is 3. The minimum absolute atomic E-state index is 0.223. The Morgan fingerprint density at radius 3 is 2.58 bits per heavy atom. The van der Waals surface area contributed by atoms with E-state index in [0.29, 0.717) is 10.9 Å². The molecule has 26 heavy (non-hydrogen) atoms. The van der Waals surface area contributed by atoms with Crippen LogP contribution in [-0.4, -0.2) is 43.8 Å². The molecule has 0 unspecified atom stereocenters. The van der Waals surface area contributed by atoms with Crippen molar-refractivity contribution in [2.45, 2.75) is 32.0 Å². The Kier molecular flexibility index (Phi) is 5.90. The molecule has 2 aromatic carbocycles. The van der Waals surface area contributed by atoms with E-state index >= 15 is 0 Å². The van der Waals surface area contributed by atoms with Crippen molar-refractivity contribution in [3.05, 3.63) is 59.2 Å². The lowest BCUT2D eigenvalue weighted by atomic mass is 10.1. The van der Waals surface area contributed by atoms with Gasteiger partial charge in [-0.15, -0.1) is 5.10 Å². The third-order valence-corrected chi connectivity index (χ3v) is 4.97. The Bertz CT molecular complexity index is 864. The fourth-order valence-electron chi connectivity index (χ4n) is 2.41. The minimum atomic E-state index is -0.620. The highest BCUT2D eigenvalue weighted by atomic mass is 32.2. The van der Waals surface area contributed by atoms with Crippen molar-refractivity contribution in [2.24, 2.45) is 0 Å². The number of aromatic nitrogens is 4. The van der Waals surface area contributed by atoms with Crippen LogP contribution in [0.25, 0.3) is 5.69 Å². The van der Waals surface area contributed by atoms with Gasteiger partial charge in [0.2, 0.25) is 5.16 Å². The molecule has 0 aliphatic carbocycles. The van der Waals surface area contributed by atoms with Crippen LogP contribution in [0.5, 0.6) is 5.75 Å². The van der Waals surface area contributed by atoms with Gasteiger partial charge < -0.3 is 9.84 Å². The van der Waals surface area contributed by atoms with E-state index in [1.807, 2.05) is 57.2 Å². The lowest BCUT2D eigenvalue weighted by Gasteiger charge is -2.12. The van der Waals surface area contributed by atoms with Crippen molar-refractivity contribution in [1.29, 1.82) is 0 Å². The average molecular weight is 370 g/mol. The van der Waals surface area contributed by atoms with E-state index in [4.69, 9.17) is 4.74 Å². The maximum atomic E-state index is 10.2. The molecule has 0 radical (unpaired) electrons. The molecular formula is C19H22N4O2S. The predicted molar refractivity (Wildman–Crippen MR) is 102 cm³/mol. The average Bonchev–Trinajstić information content (AvgIpc) is 3.10. The number of hydrogen-bond donors (Lipinski definition) is 1. The molecule has 7 heteroatoms. The first-order chi connectivity index (χ1) is 12.5. The molecule has 1 atom stereocenters. The highest BCUT2D eigenvalue weighted by Gasteiger charge is 2.14. The zero-order valence-electron chi connectivity index (χ0n) is 15.1. The van der Waals surface area contributed by atoms with E-state index in [0.717, 1.165) is 22.6 Å². The fourth-order valence-corrected chi connectivity index (χ4v) is 3.20. The van der Waals surface area contributed by atoms with E-state index in [9.17, 15) is 5.11 Å². The molecule has 3 aromatic rings. The normalized spacial score (nSPS) is 12.2. The van der Waals surface area contributed by atoms with Gasteiger partial charge in [0, 0.05) is 5.75 Å². The molecule has 0 saturated heterocycles. The van der Waals surface area contributed by atoms with Crippen LogP contribution in [0.2, 0.25) is 0 Å². The first-order valence-electron chi connectivity index (χ1n) is 8.39. The van der Waals surface area contributed by atoms with Crippen LogP contribution in [0.3, 0.4) is 0 Å². The minimum Gasteiger partial charge on any atom is -0.491 e. The van der Waals surface area contributed by atoms with Crippen molar-refractivity contribution in [2.75, 3.05) is 12.4 Å². The molecule has 0 fully saturated rings. The monoisotopic (exact) mass is 370 g/mol. The third kappa shape index (κ3) is 4.62. The number of tetrazole rings is 1. The summed E-state index contributed by atoms with van der Waals surface area (Å²) >= 11 is 1.41. The summed E-state index contributed by atoms with van der Waals surface area (Å²) in [4.78, 5) is 0. The van der Waals surface area contributed by atoms with E-state index < -0.39 is 6.10 Å². The summed E-state index contributed by atoms with van der Waals surface area (Å²) in [6.45, 7) is 6.30. The molecule has 3 rings (SSSR count). The molecule has 0 bridgehead atoms. The Morgan fingerprint density at radius 1 is 1.08 bits per heavy atom. The van der Waals surface area contributed by atoms with Crippen molar-refractivity contribution in [3.8, 4) is 11.4 Å². The number of rotatable bonds is 7. The molecule has 0 saturated carbocycles. The van der Waals surface area contributed by atoms with Gasteiger partial charge in [0.15, 0.2) is 0 Å². The molecule has 136 valence electrons. The molecule has 0 aliphatic heterocycles. The first-order valence-corrected chi connectivity index (χ1v) is 9.38. The quantitative estimate of drug-likeness (QED) is 0.644. The Hall–Kier alpha value is -2.38. The van der Waals surface area contributed by atoms with Crippen molar-refractivity contribution >= 4 is 11.8 Å². The second-order valence-electron chi connectivity index (χ2n) is 6.25. The summed E-state index contributed by atoms with van der Waals surface area (Å²) in [5.41, 5.74) is 4.35. The van der Waals surface area contributed by atoms with E-state index in [1.165, 1.54) is 17.3 Å². The molecule has 0 amide bonds. The number of hydrogen-bond acceptors (Lipinski definition) is 6. The molecule has 0 aliphatic rings. The zero-order valence-corrected chi connectivity index (χ0v) is 15.9. The van der Waals surface area contributed by atoms with Crippen LogP contribution >= 0.6 is 11.8 Å². The van der Waals surface area contributed by atoms with Crippen molar-refractivity contribution < 1.29 is 9.84 Å². The Labute approximate surface area is 157 Å². The van der Waals surface area contributed by atoms with Crippen molar-refractivity contribution in [3.63, 3.8) is 0 Å². The van der Waals surface area contributed by atoms with E-state index in [1.54, 1.807) is 4.68 Å². The summed E-state index contributed by atoms with van der Waals surface area (Å²) in [6, 6.07) is 13.9. The Balaban J connectivity index is 1.59. The fraction of sp³-hybridized carbons (Fsp3) is 0.316. The van der Waals surface area contributed by atoms with Gasteiger partial charge >= 0.3 is 0 Å². The number of aliphatic hydroxyl groups is 1. The summed E-state index contributed by atoms with van der Waals surface area (Å²) in [5.74, 6) is 1.19. The number of benzene rings is 2. The lowest BCUT2D eigenvalue weighted by molar-refractivity contribution is 0.126. The highest BCUT2D eigenvalue weighted by Crippen LogP contribution is 2.22. The molecule has 1 aromatic heterocycles. The third-order valence-electron chi connectivity index (χ3n) is 3.90. The van der Waals surface area contributed by atoms with Crippen LogP contribution in [0, 0.1) is 20.8 Å². The number of thioether (sulfide) groups is 1. The topological polar surface area (TPSA) is 73.1 Å². The highest BCUT2D eigenvalue weighted by molar-refractivity contribution is 7.99. The van der Waals surface area contributed by atoms with Gasteiger partial charge in [0.05, 0.1) is 11.8 Å². The van der Waals surface area contributed by atoms with Gasteiger partial charge in [-0.25, -0.2) is 0 Å². The maximum Gasteiger partial charge on any atom is 0.214 e. The first kappa shape index (κ1) is 18.4. The molecule has 0 spiro atoms. The lowest BCUT2D eigenvalue weighted by Crippen LogP contribution is -2.20. The van der Waals surface area contributed by atoms with Gasteiger partial charge in [-0.1, -0.05) is 41.6 Å². The van der Waals surface area contributed by atoms with Crippen LogP contribution in [0.4, 0.5) is 0 Å². The van der Waals surface area contributed by atoms with Gasteiger partial charge in [-0.2, -0.15) is 4.68 Å². The molecule has 6 nitrogen and oxygen atoms in total. The summed E-state index contributed by atoms with van der Waals surface area (Å²) in [7, 11) is 0. The zero-order chi connectivity index (χ0) is 18.5.